The fourth-order valence-corrected chi connectivity index (χ4v) is 2.64. The number of ether oxygens (including phenoxy) is 1. The molecule has 2 aromatic heterocycles. The molecule has 0 saturated carbocycles. The smallest absolute Gasteiger partial charge is 0.157 e. The number of rotatable bonds is 7. The van der Waals surface area contributed by atoms with E-state index in [4.69, 9.17) is 4.74 Å². The Morgan fingerprint density at radius 1 is 1.39 bits per heavy atom. The lowest BCUT2D eigenvalue weighted by molar-refractivity contribution is 0.309. The first-order chi connectivity index (χ1) is 8.81. The fraction of sp³-hybridized carbons (Fsp3) is 0.462. The summed E-state index contributed by atoms with van der Waals surface area (Å²) in [5.74, 6) is 0.840. The summed E-state index contributed by atoms with van der Waals surface area (Å²) in [7, 11) is 1.96. The summed E-state index contributed by atoms with van der Waals surface area (Å²) >= 11 is 1.78. The highest BCUT2D eigenvalue weighted by atomic mass is 32.1. The van der Waals surface area contributed by atoms with Gasteiger partial charge in [0.2, 0.25) is 0 Å². The molecule has 18 heavy (non-hydrogen) atoms. The minimum absolute atomic E-state index is 0.617. The molecular formula is C13H19N3OS. The Morgan fingerprint density at radius 2 is 2.22 bits per heavy atom. The summed E-state index contributed by atoms with van der Waals surface area (Å²) in [5.41, 5.74) is 0. The van der Waals surface area contributed by atoms with Crippen LogP contribution in [0.4, 0.5) is 0 Å². The Morgan fingerprint density at radius 3 is 3.00 bits per heavy atom. The number of nitrogens with one attached hydrogen (secondary N) is 1. The molecule has 0 bridgehead atoms. The maximum Gasteiger partial charge on any atom is 0.157 e. The van der Waals surface area contributed by atoms with Crippen molar-refractivity contribution in [1.82, 2.24) is 15.1 Å². The van der Waals surface area contributed by atoms with Crippen molar-refractivity contribution in [3.63, 3.8) is 0 Å². The average molecular weight is 265 g/mol. The highest BCUT2D eigenvalue weighted by molar-refractivity contribution is 7.11. The fourth-order valence-electron chi connectivity index (χ4n) is 1.69. The first kappa shape index (κ1) is 13.1. The van der Waals surface area contributed by atoms with Gasteiger partial charge in [-0.25, -0.2) is 0 Å². The van der Waals surface area contributed by atoms with Crippen molar-refractivity contribution in [2.45, 2.75) is 33.0 Å². The van der Waals surface area contributed by atoms with Crippen molar-refractivity contribution in [3.8, 4) is 5.75 Å². The third kappa shape index (κ3) is 3.58. The molecule has 1 N–H and O–H groups in total. The van der Waals surface area contributed by atoms with E-state index in [2.05, 4.69) is 29.5 Å². The third-order valence-electron chi connectivity index (χ3n) is 2.51. The zero-order valence-corrected chi connectivity index (χ0v) is 11.7. The van der Waals surface area contributed by atoms with Crippen LogP contribution in [0.25, 0.3) is 0 Å². The van der Waals surface area contributed by atoms with E-state index in [-0.39, 0.29) is 0 Å². The molecule has 5 heteroatoms. The maximum absolute atomic E-state index is 5.72. The van der Waals surface area contributed by atoms with Gasteiger partial charge in [-0.3, -0.25) is 4.68 Å². The van der Waals surface area contributed by atoms with Gasteiger partial charge >= 0.3 is 0 Å². The van der Waals surface area contributed by atoms with Crippen LogP contribution in [0.5, 0.6) is 5.75 Å². The predicted octanol–water partition coefficient (Wildman–Crippen LogP) is 2.65. The highest BCUT2D eigenvalue weighted by Gasteiger charge is 2.02. The van der Waals surface area contributed by atoms with Crippen LogP contribution in [0.2, 0.25) is 0 Å². The minimum atomic E-state index is 0.617. The van der Waals surface area contributed by atoms with E-state index in [0.717, 1.165) is 25.3 Å². The first-order valence-corrected chi connectivity index (χ1v) is 7.01. The van der Waals surface area contributed by atoms with Gasteiger partial charge < -0.3 is 10.1 Å². The van der Waals surface area contributed by atoms with Gasteiger partial charge in [-0.15, -0.1) is 11.3 Å². The first-order valence-electron chi connectivity index (χ1n) is 6.19. The topological polar surface area (TPSA) is 39.1 Å². The number of nitrogens with zero attached hydrogens (tertiary/aromatic N) is 2. The molecule has 0 radical (unpaired) electrons. The molecule has 0 saturated heterocycles. The molecule has 0 unspecified atom stereocenters. The normalized spacial score (nSPS) is 10.8. The van der Waals surface area contributed by atoms with E-state index in [1.165, 1.54) is 9.75 Å². The Labute approximate surface area is 112 Å². The van der Waals surface area contributed by atoms with E-state index < -0.39 is 0 Å². The second-order valence-electron chi connectivity index (χ2n) is 4.13. The summed E-state index contributed by atoms with van der Waals surface area (Å²) in [5, 5.41) is 7.38. The van der Waals surface area contributed by atoms with Crippen LogP contribution in [0.15, 0.2) is 24.5 Å². The van der Waals surface area contributed by atoms with Crippen LogP contribution < -0.4 is 10.1 Å². The summed E-state index contributed by atoms with van der Waals surface area (Å²) in [6, 6.07) is 4.26. The van der Waals surface area contributed by atoms with Crippen molar-refractivity contribution < 1.29 is 4.74 Å². The number of thiophene rings is 1. The SMILES string of the molecule is CCCn1cc(OCc2ccc(CNC)s2)cn1. The van der Waals surface area contributed by atoms with E-state index in [0.29, 0.717) is 6.61 Å². The summed E-state index contributed by atoms with van der Waals surface area (Å²) in [6.07, 6.45) is 4.81. The third-order valence-corrected chi connectivity index (χ3v) is 3.57. The van der Waals surface area contributed by atoms with Gasteiger partial charge in [0.15, 0.2) is 5.75 Å². The molecule has 0 aliphatic heterocycles. The minimum Gasteiger partial charge on any atom is -0.485 e. The van der Waals surface area contributed by atoms with Crippen molar-refractivity contribution in [2.24, 2.45) is 0 Å². The molecule has 98 valence electrons. The van der Waals surface area contributed by atoms with Crippen molar-refractivity contribution >= 4 is 11.3 Å². The van der Waals surface area contributed by atoms with Gasteiger partial charge in [-0.2, -0.15) is 5.10 Å². The lowest BCUT2D eigenvalue weighted by Crippen LogP contribution is -2.02. The summed E-state index contributed by atoms with van der Waals surface area (Å²) < 4.78 is 7.63. The van der Waals surface area contributed by atoms with E-state index >= 15 is 0 Å². The molecule has 2 heterocycles. The van der Waals surface area contributed by atoms with Gasteiger partial charge in [-0.1, -0.05) is 6.92 Å². The van der Waals surface area contributed by atoms with Gasteiger partial charge in [0.1, 0.15) is 6.61 Å². The van der Waals surface area contributed by atoms with Gasteiger partial charge in [0.25, 0.3) is 0 Å². The molecule has 0 atom stereocenters. The van der Waals surface area contributed by atoms with E-state index in [9.17, 15) is 0 Å². The van der Waals surface area contributed by atoms with Crippen LogP contribution in [0.1, 0.15) is 23.1 Å². The maximum atomic E-state index is 5.72. The molecule has 0 aliphatic carbocycles. The van der Waals surface area contributed by atoms with Crippen LogP contribution in [-0.2, 0) is 19.7 Å². The Kier molecular flexibility index (Phi) is 4.78. The average Bonchev–Trinajstić information content (AvgIpc) is 2.97. The van der Waals surface area contributed by atoms with E-state index in [1.54, 1.807) is 17.5 Å². The lowest BCUT2D eigenvalue weighted by Gasteiger charge is -2.00. The summed E-state index contributed by atoms with van der Waals surface area (Å²) in [4.78, 5) is 2.57. The van der Waals surface area contributed by atoms with E-state index in [1.807, 2.05) is 17.9 Å². The van der Waals surface area contributed by atoms with Crippen LogP contribution >= 0.6 is 11.3 Å². The number of aromatic nitrogens is 2. The monoisotopic (exact) mass is 265 g/mol. The zero-order valence-electron chi connectivity index (χ0n) is 10.8. The van der Waals surface area contributed by atoms with Gasteiger partial charge in [0, 0.05) is 22.8 Å². The van der Waals surface area contributed by atoms with Crippen molar-refractivity contribution in [1.29, 1.82) is 0 Å². The highest BCUT2D eigenvalue weighted by Crippen LogP contribution is 2.19. The van der Waals surface area contributed by atoms with Crippen LogP contribution in [0.3, 0.4) is 0 Å². The van der Waals surface area contributed by atoms with Crippen LogP contribution in [0, 0.1) is 0 Å². The van der Waals surface area contributed by atoms with Gasteiger partial charge in [-0.05, 0) is 25.6 Å². The molecular weight excluding hydrogens is 246 g/mol. The van der Waals surface area contributed by atoms with Crippen LogP contribution in [-0.4, -0.2) is 16.8 Å². The second kappa shape index (κ2) is 6.56. The quantitative estimate of drug-likeness (QED) is 0.836. The molecule has 2 aromatic rings. The van der Waals surface area contributed by atoms with Crippen molar-refractivity contribution in [3.05, 3.63) is 34.3 Å². The molecule has 4 nitrogen and oxygen atoms in total. The molecule has 0 aliphatic rings. The Hall–Kier alpha value is -1.33. The van der Waals surface area contributed by atoms with Crippen molar-refractivity contribution in [2.75, 3.05) is 7.05 Å². The molecule has 0 fully saturated rings. The molecule has 2 rings (SSSR count). The summed E-state index contributed by atoms with van der Waals surface area (Å²) in [6.45, 7) is 4.61. The largest absolute Gasteiger partial charge is 0.485 e. The lowest BCUT2D eigenvalue weighted by atomic mass is 10.4. The predicted molar refractivity (Wildman–Crippen MR) is 73.9 cm³/mol. The Bertz CT molecular complexity index is 434. The zero-order chi connectivity index (χ0) is 12.8. The standard InChI is InChI=1S/C13H19N3OS/c1-3-6-16-9-11(7-15-16)17-10-13-5-4-12(18-13)8-14-2/h4-5,7,9,14H,3,6,8,10H2,1-2H3. The number of aryl methyl sites for hydroxylation is 1. The number of hydrogen-bond acceptors (Lipinski definition) is 4. The van der Waals surface area contributed by atoms with Gasteiger partial charge in [0.05, 0.1) is 12.4 Å². The second-order valence-corrected chi connectivity index (χ2v) is 5.38. The Balaban J connectivity index is 1.85. The molecule has 0 amide bonds. The number of hydrogen-bond donors (Lipinski definition) is 1. The molecule has 0 spiro atoms. The molecule has 0 aromatic carbocycles.